The van der Waals surface area contributed by atoms with E-state index in [0.717, 1.165) is 12.1 Å². The number of rotatable bonds is 4. The first kappa shape index (κ1) is 16.4. The second-order valence-corrected chi connectivity index (χ2v) is 7.01. The molecule has 1 aliphatic heterocycles. The van der Waals surface area contributed by atoms with Crippen LogP contribution in [0.5, 0.6) is 0 Å². The van der Waals surface area contributed by atoms with Crippen LogP contribution in [-0.4, -0.2) is 23.9 Å². The molecule has 1 unspecified atom stereocenters. The van der Waals surface area contributed by atoms with Gasteiger partial charge in [-0.15, -0.1) is 0 Å². The Labute approximate surface area is 127 Å². The summed E-state index contributed by atoms with van der Waals surface area (Å²) in [5.74, 6) is -2.53. The highest BCUT2D eigenvalue weighted by molar-refractivity contribution is 5.25. The van der Waals surface area contributed by atoms with E-state index in [-0.39, 0.29) is 12.5 Å². The number of nitrogens with zero attached hydrogens (tertiary/aromatic N) is 1. The molecule has 1 aromatic carbocycles. The van der Waals surface area contributed by atoms with E-state index in [0.29, 0.717) is 18.9 Å². The minimum absolute atomic E-state index is 0.0476. The molecule has 0 radical (unpaired) electrons. The molecule has 118 valence electrons. The van der Waals surface area contributed by atoms with Gasteiger partial charge in [-0.2, -0.15) is 0 Å². The van der Waals surface area contributed by atoms with Gasteiger partial charge >= 0.3 is 0 Å². The van der Waals surface area contributed by atoms with E-state index >= 15 is 0 Å². The van der Waals surface area contributed by atoms with Crippen molar-refractivity contribution >= 4 is 0 Å². The molecule has 0 spiro atoms. The third-order valence-corrected chi connectivity index (χ3v) is 4.56. The summed E-state index contributed by atoms with van der Waals surface area (Å²) in [7, 11) is 0. The third-order valence-electron chi connectivity index (χ3n) is 4.56. The maximum absolute atomic E-state index is 14.2. The van der Waals surface area contributed by atoms with Crippen molar-refractivity contribution < 1.29 is 8.78 Å². The highest BCUT2D eigenvalue weighted by Gasteiger charge is 2.45. The Balaban J connectivity index is 2.03. The van der Waals surface area contributed by atoms with Crippen molar-refractivity contribution in [2.45, 2.75) is 52.5 Å². The summed E-state index contributed by atoms with van der Waals surface area (Å²) in [6.45, 7) is 9.40. The monoisotopic (exact) mass is 295 g/mol. The van der Waals surface area contributed by atoms with Gasteiger partial charge in [-0.05, 0) is 35.9 Å². The minimum Gasteiger partial charge on any atom is -0.293 e. The van der Waals surface area contributed by atoms with E-state index in [9.17, 15) is 8.78 Å². The standard InChI is InChI=1S/C18H27F2N/c1-13(2)16-7-5-6-15(10-16)11-21-9-8-17(14(3)4)18(19,20)12-21/h5-7,10,13-14,17H,8-9,11-12H2,1-4H3. The second-order valence-electron chi connectivity index (χ2n) is 7.01. The minimum atomic E-state index is -2.57. The molecule has 0 aliphatic carbocycles. The lowest BCUT2D eigenvalue weighted by atomic mass is 9.83. The molecule has 1 heterocycles. The number of alkyl halides is 2. The number of benzene rings is 1. The molecule has 1 saturated heterocycles. The van der Waals surface area contributed by atoms with Crippen LogP contribution in [0.1, 0.15) is 51.2 Å². The predicted molar refractivity (Wildman–Crippen MR) is 83.7 cm³/mol. The lowest BCUT2D eigenvalue weighted by Crippen LogP contribution is -2.49. The lowest BCUT2D eigenvalue weighted by molar-refractivity contribution is -0.126. The largest absolute Gasteiger partial charge is 0.293 e. The third kappa shape index (κ3) is 4.03. The van der Waals surface area contributed by atoms with E-state index < -0.39 is 11.8 Å². The zero-order valence-corrected chi connectivity index (χ0v) is 13.6. The molecule has 0 bridgehead atoms. The normalized spacial score (nSPS) is 23.0. The van der Waals surface area contributed by atoms with Crippen molar-refractivity contribution in [3.63, 3.8) is 0 Å². The number of hydrogen-bond acceptors (Lipinski definition) is 1. The highest BCUT2D eigenvalue weighted by atomic mass is 19.3. The molecule has 0 aromatic heterocycles. The molecule has 1 atom stereocenters. The van der Waals surface area contributed by atoms with Gasteiger partial charge in [0, 0.05) is 12.5 Å². The Morgan fingerprint density at radius 1 is 1.24 bits per heavy atom. The molecule has 1 nitrogen and oxygen atoms in total. The molecule has 21 heavy (non-hydrogen) atoms. The van der Waals surface area contributed by atoms with Gasteiger partial charge in [-0.1, -0.05) is 52.0 Å². The zero-order valence-electron chi connectivity index (χ0n) is 13.6. The van der Waals surface area contributed by atoms with Gasteiger partial charge in [0.15, 0.2) is 0 Å². The Morgan fingerprint density at radius 2 is 1.95 bits per heavy atom. The summed E-state index contributed by atoms with van der Waals surface area (Å²) in [4.78, 5) is 1.90. The van der Waals surface area contributed by atoms with Crippen LogP contribution in [0.25, 0.3) is 0 Å². The first-order valence-corrected chi connectivity index (χ1v) is 7.98. The summed E-state index contributed by atoms with van der Waals surface area (Å²) in [5.41, 5.74) is 2.41. The van der Waals surface area contributed by atoms with Gasteiger partial charge in [-0.3, -0.25) is 4.90 Å². The van der Waals surface area contributed by atoms with Crippen molar-refractivity contribution in [2.24, 2.45) is 11.8 Å². The molecule has 0 N–H and O–H groups in total. The van der Waals surface area contributed by atoms with Crippen LogP contribution in [0, 0.1) is 11.8 Å². The van der Waals surface area contributed by atoms with Crippen molar-refractivity contribution in [1.82, 2.24) is 4.90 Å². The van der Waals surface area contributed by atoms with Gasteiger partial charge < -0.3 is 0 Å². The van der Waals surface area contributed by atoms with Crippen LogP contribution in [0.15, 0.2) is 24.3 Å². The Kier molecular flexibility index (Phi) is 5.03. The van der Waals surface area contributed by atoms with Gasteiger partial charge in [-0.25, -0.2) is 8.78 Å². The maximum Gasteiger partial charge on any atom is 0.263 e. The molecule has 1 aromatic rings. The van der Waals surface area contributed by atoms with E-state index in [1.807, 2.05) is 30.9 Å². The molecule has 1 aliphatic rings. The van der Waals surface area contributed by atoms with Crippen molar-refractivity contribution in [2.75, 3.05) is 13.1 Å². The summed E-state index contributed by atoms with van der Waals surface area (Å²) in [6, 6.07) is 8.33. The predicted octanol–water partition coefficient (Wildman–Crippen LogP) is 4.92. The van der Waals surface area contributed by atoms with Crippen LogP contribution < -0.4 is 0 Å². The Hall–Kier alpha value is -0.960. The second kappa shape index (κ2) is 6.43. The van der Waals surface area contributed by atoms with E-state index in [1.54, 1.807) is 0 Å². The number of halogens is 2. The van der Waals surface area contributed by atoms with E-state index in [4.69, 9.17) is 0 Å². The number of piperidine rings is 1. The molecule has 1 fully saturated rings. The first-order valence-electron chi connectivity index (χ1n) is 7.98. The summed E-state index contributed by atoms with van der Waals surface area (Å²) in [6.07, 6.45) is 0.592. The van der Waals surface area contributed by atoms with Gasteiger partial charge in [0.1, 0.15) is 0 Å². The lowest BCUT2D eigenvalue weighted by Gasteiger charge is -2.40. The van der Waals surface area contributed by atoms with Gasteiger partial charge in [0.05, 0.1) is 6.54 Å². The van der Waals surface area contributed by atoms with Crippen molar-refractivity contribution in [1.29, 1.82) is 0 Å². The Bertz CT molecular complexity index is 468. The quantitative estimate of drug-likeness (QED) is 0.762. The topological polar surface area (TPSA) is 3.24 Å². The fourth-order valence-electron chi connectivity index (χ4n) is 3.29. The van der Waals surface area contributed by atoms with Gasteiger partial charge in [0.25, 0.3) is 5.92 Å². The molecular formula is C18H27F2N. The van der Waals surface area contributed by atoms with Crippen LogP contribution >= 0.6 is 0 Å². The smallest absolute Gasteiger partial charge is 0.263 e. The van der Waals surface area contributed by atoms with Crippen LogP contribution in [0.3, 0.4) is 0 Å². The fraction of sp³-hybridized carbons (Fsp3) is 0.667. The van der Waals surface area contributed by atoms with Gasteiger partial charge in [0.2, 0.25) is 0 Å². The maximum atomic E-state index is 14.2. The van der Waals surface area contributed by atoms with Crippen LogP contribution in [-0.2, 0) is 6.54 Å². The Morgan fingerprint density at radius 3 is 2.52 bits per heavy atom. The molecular weight excluding hydrogens is 268 g/mol. The summed E-state index contributed by atoms with van der Waals surface area (Å²) < 4.78 is 28.5. The van der Waals surface area contributed by atoms with Crippen molar-refractivity contribution in [3.8, 4) is 0 Å². The molecule has 0 saturated carbocycles. The first-order chi connectivity index (χ1) is 9.79. The molecule has 0 amide bonds. The number of likely N-dealkylation sites (tertiary alicyclic amines) is 1. The highest BCUT2D eigenvalue weighted by Crippen LogP contribution is 2.38. The number of hydrogen-bond donors (Lipinski definition) is 0. The molecule has 2 rings (SSSR count). The molecule has 3 heteroatoms. The average molecular weight is 295 g/mol. The van der Waals surface area contributed by atoms with Crippen molar-refractivity contribution in [3.05, 3.63) is 35.4 Å². The van der Waals surface area contributed by atoms with E-state index in [2.05, 4.69) is 26.0 Å². The summed E-state index contributed by atoms with van der Waals surface area (Å²) in [5, 5.41) is 0. The SMILES string of the molecule is CC(C)c1cccc(CN2CCC(C(C)C)C(F)(F)C2)c1. The van der Waals surface area contributed by atoms with Crippen LogP contribution in [0.4, 0.5) is 8.78 Å². The summed E-state index contributed by atoms with van der Waals surface area (Å²) >= 11 is 0. The fourth-order valence-corrected chi connectivity index (χ4v) is 3.29. The van der Waals surface area contributed by atoms with E-state index in [1.165, 1.54) is 5.56 Å². The van der Waals surface area contributed by atoms with Crippen LogP contribution in [0.2, 0.25) is 0 Å². The average Bonchev–Trinajstić information content (AvgIpc) is 2.37. The zero-order chi connectivity index (χ0) is 15.6.